The molecule has 1 aromatic rings. The zero-order chi connectivity index (χ0) is 13.3. The number of sulfonamides is 1. The van der Waals surface area contributed by atoms with Crippen LogP contribution in [0.3, 0.4) is 0 Å². The van der Waals surface area contributed by atoms with Gasteiger partial charge in [0.05, 0.1) is 17.7 Å². The van der Waals surface area contributed by atoms with E-state index in [1.54, 1.807) is 0 Å². The lowest BCUT2D eigenvalue weighted by Crippen LogP contribution is -2.37. The fraction of sp³-hybridized carbons (Fsp3) is 0.500. The monoisotopic (exact) mass is 291 g/mol. The molecule has 18 heavy (non-hydrogen) atoms. The summed E-state index contributed by atoms with van der Waals surface area (Å²) in [7, 11) is -2.08. The molecule has 0 aliphatic carbocycles. The molecule has 6 nitrogen and oxygen atoms in total. The van der Waals surface area contributed by atoms with Gasteiger partial charge in [-0.3, -0.25) is 0 Å². The van der Waals surface area contributed by atoms with Crippen molar-refractivity contribution in [3.8, 4) is 0 Å². The summed E-state index contributed by atoms with van der Waals surface area (Å²) in [6, 6.07) is 1.16. The van der Waals surface area contributed by atoms with E-state index in [1.165, 1.54) is 23.6 Å². The molecule has 8 heteroatoms. The Morgan fingerprint density at radius 3 is 2.89 bits per heavy atom. The zero-order valence-electron chi connectivity index (χ0n) is 9.84. The van der Waals surface area contributed by atoms with Crippen molar-refractivity contribution in [3.05, 3.63) is 17.3 Å². The number of pyridine rings is 1. The number of hydrogen-bond acceptors (Lipinski definition) is 5. The molecule has 2 rings (SSSR count). The first-order chi connectivity index (χ1) is 8.43. The Morgan fingerprint density at radius 1 is 1.61 bits per heavy atom. The molecule has 1 unspecified atom stereocenters. The summed E-state index contributed by atoms with van der Waals surface area (Å²) >= 11 is 5.79. The number of rotatable bonds is 3. The number of ether oxygens (including phenoxy) is 1. The van der Waals surface area contributed by atoms with Crippen LogP contribution >= 0.6 is 11.6 Å². The highest BCUT2D eigenvalue weighted by Crippen LogP contribution is 2.24. The van der Waals surface area contributed by atoms with Gasteiger partial charge in [-0.05, 0) is 12.5 Å². The molecule has 1 fully saturated rings. The van der Waals surface area contributed by atoms with E-state index >= 15 is 0 Å². The van der Waals surface area contributed by atoms with Gasteiger partial charge in [-0.2, -0.15) is 4.31 Å². The minimum absolute atomic E-state index is 0.0381. The fourth-order valence-corrected chi connectivity index (χ4v) is 3.32. The Bertz CT molecular complexity index is 543. The highest BCUT2D eigenvalue weighted by atomic mass is 35.5. The number of halogens is 1. The number of nitrogen functional groups attached to an aromatic ring is 1. The van der Waals surface area contributed by atoms with Gasteiger partial charge in [0.25, 0.3) is 0 Å². The van der Waals surface area contributed by atoms with Crippen molar-refractivity contribution in [3.63, 3.8) is 0 Å². The predicted octanol–water partition coefficient (Wildman–Crippen LogP) is 0.727. The van der Waals surface area contributed by atoms with Crippen LogP contribution in [0.25, 0.3) is 0 Å². The molecule has 1 aromatic heterocycles. The molecule has 1 aliphatic heterocycles. The number of likely N-dealkylation sites (N-methyl/N-ethyl adjacent to an activating group) is 1. The maximum absolute atomic E-state index is 12.3. The van der Waals surface area contributed by atoms with Gasteiger partial charge in [0.15, 0.2) is 0 Å². The molecule has 0 saturated carbocycles. The van der Waals surface area contributed by atoms with Gasteiger partial charge < -0.3 is 10.5 Å². The summed E-state index contributed by atoms with van der Waals surface area (Å²) < 4.78 is 31.1. The molecule has 0 aromatic carbocycles. The van der Waals surface area contributed by atoms with Crippen molar-refractivity contribution in [2.45, 2.75) is 17.4 Å². The van der Waals surface area contributed by atoms with E-state index in [-0.39, 0.29) is 21.8 Å². The summed E-state index contributed by atoms with van der Waals surface area (Å²) in [5.74, 6) is 0.113. The number of nitrogens with zero attached hydrogens (tertiary/aromatic N) is 2. The Morgan fingerprint density at radius 2 is 2.33 bits per heavy atom. The van der Waals surface area contributed by atoms with Gasteiger partial charge in [0, 0.05) is 19.9 Å². The van der Waals surface area contributed by atoms with Crippen molar-refractivity contribution >= 4 is 27.4 Å². The van der Waals surface area contributed by atoms with Crippen molar-refractivity contribution in [1.82, 2.24) is 9.29 Å². The van der Waals surface area contributed by atoms with Crippen LogP contribution in [-0.4, -0.2) is 44.0 Å². The van der Waals surface area contributed by atoms with E-state index < -0.39 is 10.0 Å². The molecule has 100 valence electrons. The van der Waals surface area contributed by atoms with Crippen LogP contribution in [0.1, 0.15) is 6.42 Å². The van der Waals surface area contributed by atoms with E-state index in [4.69, 9.17) is 22.1 Å². The quantitative estimate of drug-likeness (QED) is 0.887. The minimum atomic E-state index is -3.61. The van der Waals surface area contributed by atoms with Gasteiger partial charge in [-0.25, -0.2) is 13.4 Å². The number of hydrogen-bond donors (Lipinski definition) is 1. The standard InChI is InChI=1S/C10H14ClN3O3S/c1-14(7-2-3-17-6-7)18(15,16)8-4-9(11)10(12)13-5-8/h4-5,7H,2-3,6H2,1H3,(H2,12,13). The molecule has 0 bridgehead atoms. The molecule has 0 spiro atoms. The van der Waals surface area contributed by atoms with Crippen LogP contribution in [0, 0.1) is 0 Å². The summed E-state index contributed by atoms with van der Waals surface area (Å²) in [5.41, 5.74) is 5.46. The second kappa shape index (κ2) is 5.00. The van der Waals surface area contributed by atoms with Crippen LogP contribution < -0.4 is 5.73 Å². The molecule has 1 saturated heterocycles. The highest BCUT2D eigenvalue weighted by molar-refractivity contribution is 7.89. The smallest absolute Gasteiger partial charge is 0.244 e. The number of aromatic nitrogens is 1. The first kappa shape index (κ1) is 13.5. The molecule has 0 radical (unpaired) electrons. The Kier molecular flexibility index (Phi) is 3.76. The van der Waals surface area contributed by atoms with E-state index in [0.29, 0.717) is 19.6 Å². The first-order valence-corrected chi connectivity index (χ1v) is 7.21. The number of anilines is 1. The maximum Gasteiger partial charge on any atom is 0.244 e. The van der Waals surface area contributed by atoms with E-state index in [1.807, 2.05) is 0 Å². The highest BCUT2D eigenvalue weighted by Gasteiger charge is 2.31. The molecule has 1 atom stereocenters. The topological polar surface area (TPSA) is 85.5 Å². The molecule has 2 heterocycles. The van der Waals surface area contributed by atoms with Crippen LogP contribution in [0.2, 0.25) is 5.02 Å². The van der Waals surface area contributed by atoms with Crippen molar-refractivity contribution in [2.24, 2.45) is 0 Å². The van der Waals surface area contributed by atoms with Crippen molar-refractivity contribution < 1.29 is 13.2 Å². The fourth-order valence-electron chi connectivity index (χ4n) is 1.74. The van der Waals surface area contributed by atoms with Crippen LogP contribution in [0.4, 0.5) is 5.82 Å². The van der Waals surface area contributed by atoms with Gasteiger partial charge in [-0.15, -0.1) is 0 Å². The zero-order valence-corrected chi connectivity index (χ0v) is 11.4. The molecule has 0 amide bonds. The summed E-state index contributed by atoms with van der Waals surface area (Å²) in [5, 5.41) is 0.132. The largest absolute Gasteiger partial charge is 0.382 e. The van der Waals surface area contributed by atoms with E-state index in [9.17, 15) is 8.42 Å². The Hall–Kier alpha value is -0.890. The normalized spacial score (nSPS) is 20.5. The Balaban J connectivity index is 2.32. The lowest BCUT2D eigenvalue weighted by Gasteiger charge is -2.22. The number of nitrogens with two attached hydrogens (primary N) is 1. The summed E-state index contributed by atoms with van der Waals surface area (Å²) in [6.07, 6.45) is 1.90. The lowest BCUT2D eigenvalue weighted by atomic mass is 10.3. The Labute approximate surface area is 111 Å². The summed E-state index contributed by atoms with van der Waals surface area (Å²) in [4.78, 5) is 3.80. The third kappa shape index (κ3) is 2.44. The molecular weight excluding hydrogens is 278 g/mol. The predicted molar refractivity (Wildman–Crippen MR) is 67.8 cm³/mol. The third-order valence-corrected chi connectivity index (χ3v) is 5.12. The van der Waals surface area contributed by atoms with Crippen LogP contribution in [0.5, 0.6) is 0 Å². The molecule has 2 N–H and O–H groups in total. The van der Waals surface area contributed by atoms with E-state index in [0.717, 1.165) is 0 Å². The lowest BCUT2D eigenvalue weighted by molar-refractivity contribution is 0.181. The van der Waals surface area contributed by atoms with Crippen molar-refractivity contribution in [1.29, 1.82) is 0 Å². The third-order valence-electron chi connectivity index (χ3n) is 2.94. The second-order valence-electron chi connectivity index (χ2n) is 4.08. The van der Waals surface area contributed by atoms with Gasteiger partial charge in [0.2, 0.25) is 10.0 Å². The van der Waals surface area contributed by atoms with Crippen LogP contribution in [0.15, 0.2) is 17.2 Å². The minimum Gasteiger partial charge on any atom is -0.382 e. The average Bonchev–Trinajstić information content (AvgIpc) is 2.85. The molecular formula is C10H14ClN3O3S. The maximum atomic E-state index is 12.3. The second-order valence-corrected chi connectivity index (χ2v) is 6.48. The van der Waals surface area contributed by atoms with Gasteiger partial charge in [0.1, 0.15) is 10.7 Å². The average molecular weight is 292 g/mol. The summed E-state index contributed by atoms with van der Waals surface area (Å²) in [6.45, 7) is 0.983. The molecule has 1 aliphatic rings. The van der Waals surface area contributed by atoms with Gasteiger partial charge in [-0.1, -0.05) is 11.6 Å². The first-order valence-electron chi connectivity index (χ1n) is 5.39. The van der Waals surface area contributed by atoms with Gasteiger partial charge >= 0.3 is 0 Å². The van der Waals surface area contributed by atoms with E-state index in [2.05, 4.69) is 4.98 Å². The van der Waals surface area contributed by atoms with Crippen LogP contribution in [-0.2, 0) is 14.8 Å². The SMILES string of the molecule is CN(C1CCOC1)S(=O)(=O)c1cnc(N)c(Cl)c1. The van der Waals surface area contributed by atoms with Crippen molar-refractivity contribution in [2.75, 3.05) is 26.0 Å².